The van der Waals surface area contributed by atoms with Gasteiger partial charge in [0.2, 0.25) is 5.91 Å². The predicted octanol–water partition coefficient (Wildman–Crippen LogP) is 6.88. The van der Waals surface area contributed by atoms with Crippen molar-refractivity contribution in [1.82, 2.24) is 5.32 Å². The van der Waals surface area contributed by atoms with E-state index < -0.39 is 49.5 Å². The number of aliphatic hydroxyl groups excluding tert-OH is 5. The standard InChI is InChI=1S/C41H71NO8/c1-3-5-7-9-11-13-15-16-17-18-19-21-23-25-27-29-31-37(45)42-34(33-49-41-40(48)39(47)38(46)36(32-43)50-41)35(44)30-28-26-24-22-20-14-12-10-8-6-4-2/h8,10,13,15,17-18,20,22,28,30,34-36,38-41,43-44,46-48H,3-7,9,11-12,14,16,19,21,23-27,29,31-33H2,1-2H3,(H,42,45)/b10-8+,15-13-,18-17-,22-20+,30-28+. The molecule has 0 saturated carbocycles. The van der Waals surface area contributed by atoms with Crippen LogP contribution < -0.4 is 5.32 Å². The summed E-state index contributed by atoms with van der Waals surface area (Å²) in [6.07, 6.45) is 32.6. The minimum absolute atomic E-state index is 0.211. The smallest absolute Gasteiger partial charge is 0.220 e. The summed E-state index contributed by atoms with van der Waals surface area (Å²) in [4.78, 5) is 12.9. The topological polar surface area (TPSA) is 149 Å². The average Bonchev–Trinajstić information content (AvgIpc) is 3.11. The first-order chi connectivity index (χ1) is 24.3. The monoisotopic (exact) mass is 706 g/mol. The molecule has 0 aromatic heterocycles. The van der Waals surface area contributed by atoms with Crippen LogP contribution >= 0.6 is 0 Å². The average molecular weight is 706 g/mol. The van der Waals surface area contributed by atoms with Crippen LogP contribution in [0.5, 0.6) is 0 Å². The normalized spacial score (nSPS) is 22.9. The van der Waals surface area contributed by atoms with Crippen molar-refractivity contribution in [2.45, 2.75) is 179 Å². The molecule has 1 rings (SSSR count). The number of amides is 1. The van der Waals surface area contributed by atoms with Crippen molar-refractivity contribution in [2.75, 3.05) is 13.2 Å². The first-order valence-corrected chi connectivity index (χ1v) is 19.5. The summed E-state index contributed by atoms with van der Waals surface area (Å²) in [5.41, 5.74) is 0. The molecule has 1 saturated heterocycles. The van der Waals surface area contributed by atoms with Crippen LogP contribution in [-0.4, -0.2) is 87.5 Å². The zero-order chi connectivity index (χ0) is 36.7. The van der Waals surface area contributed by atoms with Crippen LogP contribution in [0.4, 0.5) is 0 Å². The molecule has 1 amide bonds. The molecule has 50 heavy (non-hydrogen) atoms. The highest BCUT2D eigenvalue weighted by Gasteiger charge is 2.44. The van der Waals surface area contributed by atoms with Crippen molar-refractivity contribution < 1.29 is 39.8 Å². The highest BCUT2D eigenvalue weighted by molar-refractivity contribution is 5.76. The molecular formula is C41H71NO8. The highest BCUT2D eigenvalue weighted by Crippen LogP contribution is 2.22. The van der Waals surface area contributed by atoms with Crippen molar-refractivity contribution >= 4 is 5.91 Å². The van der Waals surface area contributed by atoms with Gasteiger partial charge in [0.05, 0.1) is 25.4 Å². The molecule has 0 bridgehead atoms. The maximum Gasteiger partial charge on any atom is 0.220 e. The van der Waals surface area contributed by atoms with E-state index in [2.05, 4.69) is 67.8 Å². The fourth-order valence-corrected chi connectivity index (χ4v) is 5.57. The van der Waals surface area contributed by atoms with Crippen molar-refractivity contribution in [3.63, 3.8) is 0 Å². The molecule has 7 atom stereocenters. The number of hydrogen-bond donors (Lipinski definition) is 6. The van der Waals surface area contributed by atoms with Gasteiger partial charge in [0.1, 0.15) is 24.4 Å². The number of unbranched alkanes of at least 4 members (excludes halogenated alkanes) is 12. The Morgan fingerprint density at radius 3 is 1.86 bits per heavy atom. The third-order valence-corrected chi connectivity index (χ3v) is 8.77. The summed E-state index contributed by atoms with van der Waals surface area (Å²) in [6, 6.07) is -0.834. The fraction of sp³-hybridized carbons (Fsp3) is 0.732. The molecular weight excluding hydrogens is 634 g/mol. The van der Waals surface area contributed by atoms with Crippen LogP contribution in [0, 0.1) is 0 Å². The lowest BCUT2D eigenvalue weighted by Gasteiger charge is -2.40. The Morgan fingerprint density at radius 1 is 0.680 bits per heavy atom. The number of aliphatic hydroxyl groups is 5. The van der Waals surface area contributed by atoms with Gasteiger partial charge in [-0.1, -0.05) is 120 Å². The molecule has 1 fully saturated rings. The second-order valence-corrected chi connectivity index (χ2v) is 13.3. The molecule has 7 unspecified atom stereocenters. The summed E-state index contributed by atoms with van der Waals surface area (Å²) >= 11 is 0. The molecule has 1 heterocycles. The van der Waals surface area contributed by atoms with Gasteiger partial charge in [-0.05, 0) is 70.6 Å². The second kappa shape index (κ2) is 31.6. The molecule has 0 aliphatic carbocycles. The molecule has 288 valence electrons. The lowest BCUT2D eigenvalue weighted by Crippen LogP contribution is -2.60. The molecule has 1 aliphatic heterocycles. The van der Waals surface area contributed by atoms with Crippen LogP contribution in [0.15, 0.2) is 60.8 Å². The molecule has 6 N–H and O–H groups in total. The van der Waals surface area contributed by atoms with E-state index in [1.165, 1.54) is 32.1 Å². The lowest BCUT2D eigenvalue weighted by molar-refractivity contribution is -0.302. The van der Waals surface area contributed by atoms with E-state index in [0.29, 0.717) is 6.42 Å². The molecule has 0 radical (unpaired) electrons. The maximum absolute atomic E-state index is 12.9. The van der Waals surface area contributed by atoms with Crippen LogP contribution in [0.25, 0.3) is 0 Å². The van der Waals surface area contributed by atoms with E-state index in [-0.39, 0.29) is 12.5 Å². The van der Waals surface area contributed by atoms with E-state index >= 15 is 0 Å². The zero-order valence-electron chi connectivity index (χ0n) is 31.1. The summed E-state index contributed by atoms with van der Waals surface area (Å²) in [5, 5.41) is 53.8. The van der Waals surface area contributed by atoms with Gasteiger partial charge in [0.15, 0.2) is 6.29 Å². The van der Waals surface area contributed by atoms with Crippen molar-refractivity contribution in [2.24, 2.45) is 0 Å². The van der Waals surface area contributed by atoms with Gasteiger partial charge < -0.3 is 40.3 Å². The van der Waals surface area contributed by atoms with Crippen molar-refractivity contribution in [1.29, 1.82) is 0 Å². The summed E-state index contributed by atoms with van der Waals surface area (Å²) in [5.74, 6) is -0.211. The minimum atomic E-state index is -1.58. The number of nitrogens with one attached hydrogen (secondary N) is 1. The van der Waals surface area contributed by atoms with E-state index in [4.69, 9.17) is 9.47 Å². The highest BCUT2D eigenvalue weighted by atomic mass is 16.7. The first kappa shape index (κ1) is 45.9. The Morgan fingerprint density at radius 2 is 1.24 bits per heavy atom. The number of carbonyl (C=O) groups excluding carboxylic acids is 1. The van der Waals surface area contributed by atoms with Gasteiger partial charge in [0, 0.05) is 6.42 Å². The molecule has 0 aromatic carbocycles. The summed E-state index contributed by atoms with van der Waals surface area (Å²) < 4.78 is 11.1. The Labute approximate surface area is 303 Å². The Balaban J connectivity index is 2.48. The largest absolute Gasteiger partial charge is 0.394 e. The fourth-order valence-electron chi connectivity index (χ4n) is 5.57. The molecule has 1 aliphatic rings. The first-order valence-electron chi connectivity index (χ1n) is 19.5. The Bertz CT molecular complexity index is 962. The number of allylic oxidation sites excluding steroid dienone is 9. The number of rotatable bonds is 30. The quantitative estimate of drug-likeness (QED) is 0.0350. The van der Waals surface area contributed by atoms with Gasteiger partial charge in [-0.2, -0.15) is 0 Å². The third kappa shape index (κ3) is 22.7. The lowest BCUT2D eigenvalue weighted by atomic mass is 9.99. The van der Waals surface area contributed by atoms with E-state index in [0.717, 1.165) is 83.5 Å². The van der Waals surface area contributed by atoms with E-state index in [1.807, 2.05) is 6.08 Å². The summed E-state index contributed by atoms with van der Waals surface area (Å²) in [6.45, 7) is 3.61. The van der Waals surface area contributed by atoms with Gasteiger partial charge >= 0.3 is 0 Å². The number of ether oxygens (including phenoxy) is 2. The molecule has 9 nitrogen and oxygen atoms in total. The Hall–Kier alpha value is -2.11. The van der Waals surface area contributed by atoms with E-state index in [1.54, 1.807) is 6.08 Å². The molecule has 0 aromatic rings. The van der Waals surface area contributed by atoms with Crippen LogP contribution in [-0.2, 0) is 14.3 Å². The Kier molecular flexibility index (Phi) is 29.0. The van der Waals surface area contributed by atoms with Crippen LogP contribution in [0.3, 0.4) is 0 Å². The maximum atomic E-state index is 12.9. The molecule has 0 spiro atoms. The van der Waals surface area contributed by atoms with Gasteiger partial charge in [0.25, 0.3) is 0 Å². The SMILES string of the molecule is CCC/C=C/CC/C=C/CC/C=C/C(O)C(COC1OC(CO)C(O)C(O)C1O)NC(=O)CCCCCCC/C=C\C/C=C\CCCCCC. The van der Waals surface area contributed by atoms with Crippen molar-refractivity contribution in [3.8, 4) is 0 Å². The van der Waals surface area contributed by atoms with Gasteiger partial charge in [-0.3, -0.25) is 4.79 Å². The summed E-state index contributed by atoms with van der Waals surface area (Å²) in [7, 11) is 0. The third-order valence-electron chi connectivity index (χ3n) is 8.77. The van der Waals surface area contributed by atoms with Crippen LogP contribution in [0.2, 0.25) is 0 Å². The number of hydrogen-bond acceptors (Lipinski definition) is 8. The number of carbonyl (C=O) groups is 1. The van der Waals surface area contributed by atoms with Gasteiger partial charge in [-0.25, -0.2) is 0 Å². The predicted molar refractivity (Wildman–Crippen MR) is 202 cm³/mol. The second-order valence-electron chi connectivity index (χ2n) is 13.3. The molecule has 9 heteroatoms. The zero-order valence-corrected chi connectivity index (χ0v) is 31.1. The minimum Gasteiger partial charge on any atom is -0.394 e. The van der Waals surface area contributed by atoms with Crippen LogP contribution in [0.1, 0.15) is 136 Å². The van der Waals surface area contributed by atoms with E-state index in [9.17, 15) is 30.3 Å². The van der Waals surface area contributed by atoms with Gasteiger partial charge in [-0.15, -0.1) is 0 Å². The van der Waals surface area contributed by atoms with Crippen molar-refractivity contribution in [3.05, 3.63) is 60.8 Å².